The summed E-state index contributed by atoms with van der Waals surface area (Å²) in [5.74, 6) is 0.0139. The third-order valence-corrected chi connectivity index (χ3v) is 3.25. The Morgan fingerprint density at radius 2 is 2.14 bits per heavy atom. The Labute approximate surface area is 89.8 Å². The highest BCUT2D eigenvalue weighted by molar-refractivity contribution is 9.10. The molecule has 14 heavy (non-hydrogen) atoms. The molecule has 1 aromatic rings. The molecule has 0 spiro atoms. The number of halogens is 2. The normalized spacial score (nSPS) is 18.0. The van der Waals surface area contributed by atoms with Gasteiger partial charge in [0.25, 0.3) is 0 Å². The molecule has 1 aliphatic rings. The molecule has 0 bridgehead atoms. The molecular weight excluding hydrogens is 251 g/mol. The van der Waals surface area contributed by atoms with E-state index in [1.54, 1.807) is 6.07 Å². The predicted octanol–water partition coefficient (Wildman–Crippen LogP) is 2.58. The van der Waals surface area contributed by atoms with Crippen LogP contribution in [0.25, 0.3) is 0 Å². The molecule has 1 aliphatic carbocycles. The van der Waals surface area contributed by atoms with Crippen molar-refractivity contribution in [2.75, 3.05) is 7.11 Å². The SMILES string of the molecule is COc1cc(C2(O)CC2)cc(F)c1Br. The first kappa shape index (κ1) is 9.93. The summed E-state index contributed by atoms with van der Waals surface area (Å²) in [5.41, 5.74) is -0.232. The zero-order valence-electron chi connectivity index (χ0n) is 7.68. The predicted molar refractivity (Wildman–Crippen MR) is 53.8 cm³/mol. The Morgan fingerprint density at radius 3 is 2.64 bits per heavy atom. The van der Waals surface area contributed by atoms with Gasteiger partial charge in [0.1, 0.15) is 11.6 Å². The van der Waals surface area contributed by atoms with Crippen LogP contribution >= 0.6 is 15.9 Å². The summed E-state index contributed by atoms with van der Waals surface area (Å²) in [6.45, 7) is 0. The van der Waals surface area contributed by atoms with Gasteiger partial charge in [-0.3, -0.25) is 0 Å². The van der Waals surface area contributed by atoms with Gasteiger partial charge >= 0.3 is 0 Å². The molecule has 4 heteroatoms. The number of hydrogen-bond donors (Lipinski definition) is 1. The number of ether oxygens (including phenoxy) is 1. The van der Waals surface area contributed by atoms with Crippen LogP contribution in [0.2, 0.25) is 0 Å². The number of benzene rings is 1. The van der Waals surface area contributed by atoms with E-state index in [9.17, 15) is 9.50 Å². The van der Waals surface area contributed by atoms with Crippen molar-refractivity contribution in [3.8, 4) is 5.75 Å². The summed E-state index contributed by atoms with van der Waals surface area (Å²) in [5, 5.41) is 9.80. The van der Waals surface area contributed by atoms with E-state index in [1.165, 1.54) is 13.2 Å². The number of hydrogen-bond acceptors (Lipinski definition) is 2. The molecule has 1 aromatic carbocycles. The van der Waals surface area contributed by atoms with Crippen LogP contribution in [0.1, 0.15) is 18.4 Å². The van der Waals surface area contributed by atoms with Crippen molar-refractivity contribution in [2.24, 2.45) is 0 Å². The molecule has 0 aliphatic heterocycles. The van der Waals surface area contributed by atoms with Crippen LogP contribution in [0.5, 0.6) is 5.75 Å². The summed E-state index contributed by atoms with van der Waals surface area (Å²) >= 11 is 3.08. The molecule has 0 radical (unpaired) electrons. The molecule has 0 aromatic heterocycles. The van der Waals surface area contributed by atoms with Crippen LogP contribution in [0, 0.1) is 5.82 Å². The van der Waals surface area contributed by atoms with Gasteiger partial charge in [0.2, 0.25) is 0 Å². The number of rotatable bonds is 2. The van der Waals surface area contributed by atoms with Crippen molar-refractivity contribution in [3.05, 3.63) is 28.0 Å². The van der Waals surface area contributed by atoms with E-state index in [4.69, 9.17) is 4.74 Å². The second kappa shape index (κ2) is 3.21. The summed E-state index contributed by atoms with van der Waals surface area (Å²) in [7, 11) is 1.47. The van der Waals surface area contributed by atoms with Crippen LogP contribution in [-0.4, -0.2) is 12.2 Å². The van der Waals surface area contributed by atoms with Crippen molar-refractivity contribution < 1.29 is 14.2 Å². The fraction of sp³-hybridized carbons (Fsp3) is 0.400. The highest BCUT2D eigenvalue weighted by Crippen LogP contribution is 2.47. The highest BCUT2D eigenvalue weighted by Gasteiger charge is 2.42. The minimum Gasteiger partial charge on any atom is -0.495 e. The Kier molecular flexibility index (Phi) is 2.27. The molecule has 1 saturated carbocycles. The van der Waals surface area contributed by atoms with Crippen LogP contribution in [0.4, 0.5) is 4.39 Å². The lowest BCUT2D eigenvalue weighted by Gasteiger charge is -2.11. The maximum atomic E-state index is 13.3. The van der Waals surface area contributed by atoms with Crippen LogP contribution in [0.3, 0.4) is 0 Å². The van der Waals surface area contributed by atoms with Gasteiger partial charge < -0.3 is 9.84 Å². The Morgan fingerprint density at radius 1 is 1.50 bits per heavy atom. The second-order valence-corrected chi connectivity index (χ2v) is 4.30. The Balaban J connectivity index is 2.48. The minimum atomic E-state index is -0.825. The van der Waals surface area contributed by atoms with Crippen LogP contribution in [-0.2, 0) is 5.60 Å². The molecule has 2 rings (SSSR count). The molecular formula is C10H10BrFO2. The molecule has 0 unspecified atom stereocenters. The van der Waals surface area contributed by atoms with E-state index in [0.717, 1.165) is 0 Å². The summed E-state index contributed by atoms with van der Waals surface area (Å²) in [4.78, 5) is 0. The van der Waals surface area contributed by atoms with E-state index in [0.29, 0.717) is 28.6 Å². The van der Waals surface area contributed by atoms with Gasteiger partial charge in [-0.2, -0.15) is 0 Å². The second-order valence-electron chi connectivity index (χ2n) is 3.51. The molecule has 0 saturated heterocycles. The van der Waals surface area contributed by atoms with E-state index in [2.05, 4.69) is 15.9 Å². The average molecular weight is 261 g/mol. The zero-order valence-corrected chi connectivity index (χ0v) is 9.27. The van der Waals surface area contributed by atoms with Crippen molar-refractivity contribution >= 4 is 15.9 Å². The molecule has 0 atom stereocenters. The van der Waals surface area contributed by atoms with Crippen molar-refractivity contribution in [2.45, 2.75) is 18.4 Å². The average Bonchev–Trinajstić information content (AvgIpc) is 2.89. The lowest BCUT2D eigenvalue weighted by Crippen LogP contribution is -2.05. The van der Waals surface area contributed by atoms with Gasteiger partial charge in [0.05, 0.1) is 17.2 Å². The Bertz CT molecular complexity index is 375. The number of aliphatic hydroxyl groups is 1. The van der Waals surface area contributed by atoms with Crippen LogP contribution < -0.4 is 4.74 Å². The molecule has 0 amide bonds. The topological polar surface area (TPSA) is 29.5 Å². The monoisotopic (exact) mass is 260 g/mol. The van der Waals surface area contributed by atoms with Gasteiger partial charge in [-0.1, -0.05) is 0 Å². The summed E-state index contributed by atoms with van der Waals surface area (Å²) < 4.78 is 18.6. The number of methoxy groups -OCH3 is 1. The quantitative estimate of drug-likeness (QED) is 0.886. The van der Waals surface area contributed by atoms with Gasteiger partial charge in [0, 0.05) is 0 Å². The molecule has 76 valence electrons. The fourth-order valence-electron chi connectivity index (χ4n) is 1.39. The first-order valence-electron chi connectivity index (χ1n) is 4.33. The van der Waals surface area contributed by atoms with E-state index < -0.39 is 11.4 Å². The van der Waals surface area contributed by atoms with Crippen LogP contribution in [0.15, 0.2) is 16.6 Å². The lowest BCUT2D eigenvalue weighted by molar-refractivity contribution is 0.150. The van der Waals surface area contributed by atoms with E-state index in [-0.39, 0.29) is 0 Å². The van der Waals surface area contributed by atoms with E-state index >= 15 is 0 Å². The van der Waals surface area contributed by atoms with Gasteiger partial charge in [-0.25, -0.2) is 4.39 Å². The zero-order chi connectivity index (χ0) is 10.3. The highest BCUT2D eigenvalue weighted by atomic mass is 79.9. The first-order valence-corrected chi connectivity index (χ1v) is 5.12. The summed E-state index contributed by atoms with van der Waals surface area (Å²) in [6, 6.07) is 3.01. The molecule has 1 N–H and O–H groups in total. The molecule has 2 nitrogen and oxygen atoms in total. The lowest BCUT2D eigenvalue weighted by atomic mass is 10.1. The Hall–Kier alpha value is -0.610. The summed E-state index contributed by atoms with van der Waals surface area (Å²) in [6.07, 6.45) is 1.38. The minimum absolute atomic E-state index is 0.299. The third kappa shape index (κ3) is 1.53. The van der Waals surface area contributed by atoms with Gasteiger partial charge in [-0.15, -0.1) is 0 Å². The molecule has 0 heterocycles. The standard InChI is InChI=1S/C10H10BrFO2/c1-14-8-5-6(10(13)2-3-10)4-7(12)9(8)11/h4-5,13H,2-3H2,1H3. The first-order chi connectivity index (χ1) is 6.57. The third-order valence-electron chi connectivity index (χ3n) is 2.48. The van der Waals surface area contributed by atoms with Gasteiger partial charge in [0.15, 0.2) is 0 Å². The largest absolute Gasteiger partial charge is 0.495 e. The fourth-order valence-corrected chi connectivity index (χ4v) is 1.78. The maximum absolute atomic E-state index is 13.3. The maximum Gasteiger partial charge on any atom is 0.141 e. The van der Waals surface area contributed by atoms with Gasteiger partial charge in [-0.05, 0) is 46.5 Å². The van der Waals surface area contributed by atoms with Crippen molar-refractivity contribution in [1.29, 1.82) is 0 Å². The van der Waals surface area contributed by atoms with E-state index in [1.807, 2.05) is 0 Å². The van der Waals surface area contributed by atoms with Crippen molar-refractivity contribution in [1.82, 2.24) is 0 Å². The van der Waals surface area contributed by atoms with Crippen molar-refractivity contribution in [3.63, 3.8) is 0 Å². The molecule has 1 fully saturated rings. The smallest absolute Gasteiger partial charge is 0.141 e.